The van der Waals surface area contributed by atoms with E-state index in [1.54, 1.807) is 36.7 Å². The summed E-state index contributed by atoms with van der Waals surface area (Å²) < 4.78 is 26.0. The molecular weight excluding hydrogens is 430 g/mol. The number of nitrogens with two attached hydrogens (primary N) is 1. The Labute approximate surface area is 184 Å². The van der Waals surface area contributed by atoms with E-state index in [2.05, 4.69) is 20.2 Å². The maximum absolute atomic E-state index is 13.3. The molecule has 0 aliphatic carbocycles. The van der Waals surface area contributed by atoms with Crippen LogP contribution < -0.4 is 10.7 Å². The van der Waals surface area contributed by atoms with Crippen molar-refractivity contribution in [2.75, 3.05) is 5.75 Å². The largest absolute Gasteiger partial charge is 0.310 e. The molecule has 32 heavy (non-hydrogen) atoms. The van der Waals surface area contributed by atoms with E-state index in [1.807, 2.05) is 25.3 Å². The first-order valence-electron chi connectivity index (χ1n) is 10.0. The van der Waals surface area contributed by atoms with Gasteiger partial charge in [0.1, 0.15) is 24.2 Å². The summed E-state index contributed by atoms with van der Waals surface area (Å²) in [6.45, 7) is 5.88. The molecule has 0 aliphatic rings. The van der Waals surface area contributed by atoms with E-state index in [4.69, 9.17) is 5.14 Å². The molecular formula is C21H23N7O3S. The Morgan fingerprint density at radius 2 is 1.94 bits per heavy atom. The fraction of sp³-hybridized carbons (Fsp3) is 0.286. The van der Waals surface area contributed by atoms with Crippen molar-refractivity contribution in [3.63, 3.8) is 0 Å². The van der Waals surface area contributed by atoms with Gasteiger partial charge in [0.2, 0.25) is 10.0 Å². The minimum atomic E-state index is -3.61. The Bertz CT molecular complexity index is 1470. The number of aromatic nitrogens is 6. The molecule has 0 unspecified atom stereocenters. The van der Waals surface area contributed by atoms with Crippen LogP contribution in [0.3, 0.4) is 0 Å². The number of pyridine rings is 1. The molecule has 1 aromatic carbocycles. The zero-order valence-electron chi connectivity index (χ0n) is 17.9. The van der Waals surface area contributed by atoms with E-state index in [0.717, 1.165) is 11.1 Å². The highest BCUT2D eigenvalue weighted by molar-refractivity contribution is 7.89. The number of fused-ring (bicyclic) bond motifs is 1. The molecule has 2 N–H and O–H groups in total. The zero-order valence-corrected chi connectivity index (χ0v) is 18.7. The van der Waals surface area contributed by atoms with Gasteiger partial charge in [-0.1, -0.05) is 6.07 Å². The van der Waals surface area contributed by atoms with Crippen LogP contribution in [0.15, 0.2) is 47.8 Å². The molecule has 3 aromatic heterocycles. The molecule has 0 saturated carbocycles. The van der Waals surface area contributed by atoms with E-state index >= 15 is 0 Å². The van der Waals surface area contributed by atoms with Crippen LogP contribution in [0.2, 0.25) is 0 Å². The third-order valence-electron chi connectivity index (χ3n) is 5.21. The minimum absolute atomic E-state index is 0.148. The molecule has 0 saturated heterocycles. The monoisotopic (exact) mass is 453 g/mol. The van der Waals surface area contributed by atoms with Gasteiger partial charge in [-0.05, 0) is 62.6 Å². The average Bonchev–Trinajstić information content (AvgIpc) is 3.23. The standard InChI is InChI=1S/C21H23N7O3S/c1-13(2)27-12-24-26-20(27)17-5-4-6-19(25-17)28-11-23-18-9-14(3)15(7-8-32(22,30)31)10-16(18)21(28)29/h4-6,9-13H,7-8H2,1-3H3,(H2,22,30,31). The third-order valence-corrected chi connectivity index (χ3v) is 5.98. The molecule has 10 nitrogen and oxygen atoms in total. The Balaban J connectivity index is 1.80. The van der Waals surface area contributed by atoms with Crippen LogP contribution in [0.25, 0.3) is 28.2 Å². The first kappa shape index (κ1) is 21.8. The van der Waals surface area contributed by atoms with Crippen LogP contribution in [0.1, 0.15) is 31.0 Å². The summed E-state index contributed by atoms with van der Waals surface area (Å²) in [5.74, 6) is 0.796. The molecule has 0 aliphatic heterocycles. The van der Waals surface area contributed by atoms with E-state index in [1.165, 1.54) is 10.9 Å². The summed E-state index contributed by atoms with van der Waals surface area (Å²) in [5, 5.41) is 13.6. The van der Waals surface area contributed by atoms with Crippen LogP contribution >= 0.6 is 0 Å². The Morgan fingerprint density at radius 3 is 2.66 bits per heavy atom. The highest BCUT2D eigenvalue weighted by Crippen LogP contribution is 2.20. The normalized spacial score (nSPS) is 12.0. The van der Waals surface area contributed by atoms with Crippen LogP contribution in [-0.2, 0) is 16.4 Å². The van der Waals surface area contributed by atoms with Crippen LogP contribution in [0, 0.1) is 6.92 Å². The fourth-order valence-corrected chi connectivity index (χ4v) is 3.99. The van der Waals surface area contributed by atoms with Crippen molar-refractivity contribution in [1.29, 1.82) is 0 Å². The van der Waals surface area contributed by atoms with Crippen molar-refractivity contribution < 1.29 is 8.42 Å². The molecule has 0 atom stereocenters. The summed E-state index contributed by atoms with van der Waals surface area (Å²) in [6, 6.07) is 8.91. The molecule has 4 rings (SSSR count). The SMILES string of the molecule is Cc1cc2ncn(-c3cccc(-c4nncn4C(C)C)n3)c(=O)c2cc1CCS(N)(=O)=O. The van der Waals surface area contributed by atoms with Gasteiger partial charge >= 0.3 is 0 Å². The number of primary sulfonamides is 1. The molecule has 0 fully saturated rings. The summed E-state index contributed by atoms with van der Waals surface area (Å²) in [4.78, 5) is 22.3. The Morgan fingerprint density at radius 1 is 1.16 bits per heavy atom. The average molecular weight is 454 g/mol. The molecule has 0 radical (unpaired) electrons. The van der Waals surface area contributed by atoms with Crippen molar-refractivity contribution in [1.82, 2.24) is 29.3 Å². The molecule has 166 valence electrons. The first-order chi connectivity index (χ1) is 15.1. The van der Waals surface area contributed by atoms with Crippen LogP contribution in [0.5, 0.6) is 0 Å². The molecule has 3 heterocycles. The van der Waals surface area contributed by atoms with Crippen molar-refractivity contribution in [3.05, 3.63) is 64.5 Å². The fourth-order valence-electron chi connectivity index (χ4n) is 3.49. The van der Waals surface area contributed by atoms with Crippen LogP contribution in [0.4, 0.5) is 0 Å². The summed E-state index contributed by atoms with van der Waals surface area (Å²) >= 11 is 0. The third kappa shape index (κ3) is 4.30. The summed E-state index contributed by atoms with van der Waals surface area (Å²) in [6.07, 6.45) is 3.30. The predicted octanol–water partition coefficient (Wildman–Crippen LogP) is 1.76. The maximum atomic E-state index is 13.3. The number of benzene rings is 1. The second kappa shape index (κ2) is 8.24. The number of aryl methyl sites for hydroxylation is 2. The van der Waals surface area contributed by atoms with Gasteiger partial charge in [-0.25, -0.2) is 23.5 Å². The minimum Gasteiger partial charge on any atom is -0.310 e. The lowest BCUT2D eigenvalue weighted by molar-refractivity contribution is 0.597. The number of hydrogen-bond donors (Lipinski definition) is 1. The lowest BCUT2D eigenvalue weighted by Gasteiger charge is -2.12. The zero-order chi connectivity index (χ0) is 23.0. The second-order valence-electron chi connectivity index (χ2n) is 7.87. The second-order valence-corrected chi connectivity index (χ2v) is 9.60. The van der Waals surface area contributed by atoms with Crippen molar-refractivity contribution in [2.24, 2.45) is 5.14 Å². The lowest BCUT2D eigenvalue weighted by Crippen LogP contribution is -2.21. The Kier molecular flexibility index (Phi) is 5.61. The number of rotatable bonds is 6. The van der Waals surface area contributed by atoms with Gasteiger partial charge in [-0.3, -0.25) is 9.36 Å². The predicted molar refractivity (Wildman–Crippen MR) is 121 cm³/mol. The summed E-state index contributed by atoms with van der Waals surface area (Å²) in [5.41, 5.74) is 2.38. The highest BCUT2D eigenvalue weighted by atomic mass is 32.2. The van der Waals surface area contributed by atoms with E-state index < -0.39 is 10.0 Å². The topological polar surface area (TPSA) is 139 Å². The highest BCUT2D eigenvalue weighted by Gasteiger charge is 2.15. The summed E-state index contributed by atoms with van der Waals surface area (Å²) in [7, 11) is -3.61. The van der Waals surface area contributed by atoms with E-state index in [9.17, 15) is 13.2 Å². The van der Waals surface area contributed by atoms with Crippen molar-refractivity contribution in [2.45, 2.75) is 33.2 Å². The van der Waals surface area contributed by atoms with Gasteiger partial charge in [0.05, 0.1) is 16.7 Å². The molecule has 0 amide bonds. The first-order valence-corrected chi connectivity index (χ1v) is 11.7. The van der Waals surface area contributed by atoms with Gasteiger partial charge in [-0.2, -0.15) is 0 Å². The maximum Gasteiger partial charge on any atom is 0.266 e. The number of hydrogen-bond acceptors (Lipinski definition) is 7. The van der Waals surface area contributed by atoms with Gasteiger partial charge in [-0.15, -0.1) is 10.2 Å². The van der Waals surface area contributed by atoms with Gasteiger partial charge < -0.3 is 4.57 Å². The lowest BCUT2D eigenvalue weighted by atomic mass is 10.0. The molecule has 11 heteroatoms. The molecule has 0 spiro atoms. The van der Waals surface area contributed by atoms with Gasteiger partial charge in [0.25, 0.3) is 5.56 Å². The molecule has 0 bridgehead atoms. The van der Waals surface area contributed by atoms with Gasteiger partial charge in [0.15, 0.2) is 5.82 Å². The van der Waals surface area contributed by atoms with E-state index in [-0.39, 0.29) is 23.8 Å². The van der Waals surface area contributed by atoms with E-state index in [0.29, 0.717) is 28.2 Å². The van der Waals surface area contributed by atoms with Crippen molar-refractivity contribution in [3.8, 4) is 17.3 Å². The van der Waals surface area contributed by atoms with Gasteiger partial charge in [0, 0.05) is 6.04 Å². The smallest absolute Gasteiger partial charge is 0.266 e. The number of sulfonamides is 1. The number of nitrogens with zero attached hydrogens (tertiary/aromatic N) is 6. The Hall–Kier alpha value is -3.44. The van der Waals surface area contributed by atoms with Crippen LogP contribution in [-0.4, -0.2) is 43.5 Å². The quantitative estimate of drug-likeness (QED) is 0.469. The molecule has 4 aromatic rings. The van der Waals surface area contributed by atoms with Crippen molar-refractivity contribution >= 4 is 20.9 Å².